The van der Waals surface area contributed by atoms with Crippen molar-refractivity contribution in [1.82, 2.24) is 0 Å². The van der Waals surface area contributed by atoms with Gasteiger partial charge in [0, 0.05) is 6.07 Å². The van der Waals surface area contributed by atoms with Crippen LogP contribution in [-0.4, -0.2) is 13.2 Å². The zero-order chi connectivity index (χ0) is 19.4. The highest BCUT2D eigenvalue weighted by molar-refractivity contribution is 6.32. The zero-order valence-corrected chi connectivity index (χ0v) is 13.3. The highest BCUT2D eigenvalue weighted by Gasteiger charge is 2.27. The number of rotatable bonds is 5. The predicted molar refractivity (Wildman–Crippen MR) is 78.1 cm³/mol. The highest BCUT2D eigenvalue weighted by Crippen LogP contribution is 2.30. The Morgan fingerprint density at radius 2 is 1.23 bits per heavy atom. The van der Waals surface area contributed by atoms with E-state index in [1.807, 2.05) is 0 Å². The Hall–Kier alpha value is -3.04. The first-order valence-corrected chi connectivity index (χ1v) is 7.10. The molecule has 0 aliphatic heterocycles. The molecule has 0 saturated carbocycles. The van der Waals surface area contributed by atoms with Gasteiger partial charge in [-0.1, -0.05) is 11.6 Å². The van der Waals surface area contributed by atoms with Crippen LogP contribution in [0.4, 0.5) is 22.0 Å². The van der Waals surface area contributed by atoms with E-state index in [-0.39, 0.29) is 21.9 Å². The minimum absolute atomic E-state index is 0.0162. The molecule has 0 aliphatic carbocycles. The Balaban J connectivity index is 2.09. The van der Waals surface area contributed by atoms with Crippen molar-refractivity contribution in [3.8, 4) is 23.6 Å². The number of benzene rings is 2. The quantitative estimate of drug-likeness (QED) is 0.332. The maximum absolute atomic E-state index is 13.4. The van der Waals surface area contributed by atoms with Crippen molar-refractivity contribution in [3.63, 3.8) is 0 Å². The first-order chi connectivity index (χ1) is 12.3. The average molecular weight is 389 g/mol. The number of hydrogen-bond donors (Lipinski definition) is 0. The van der Waals surface area contributed by atoms with Crippen LogP contribution in [0.2, 0.25) is 5.02 Å². The number of nitriles is 2. The van der Waals surface area contributed by atoms with E-state index in [2.05, 4.69) is 4.74 Å². The lowest BCUT2D eigenvalue weighted by molar-refractivity contribution is 0.198. The molecule has 0 unspecified atom stereocenters. The van der Waals surface area contributed by atoms with Crippen LogP contribution in [0.1, 0.15) is 11.1 Å². The van der Waals surface area contributed by atoms with Crippen molar-refractivity contribution in [2.24, 2.45) is 0 Å². The molecule has 0 N–H and O–H groups in total. The van der Waals surface area contributed by atoms with Crippen LogP contribution in [0.5, 0.6) is 11.5 Å². The Morgan fingerprint density at radius 3 is 1.77 bits per heavy atom. The van der Waals surface area contributed by atoms with E-state index in [4.69, 9.17) is 26.9 Å². The van der Waals surface area contributed by atoms with Crippen molar-refractivity contribution in [2.75, 3.05) is 13.2 Å². The summed E-state index contributed by atoms with van der Waals surface area (Å²) in [7, 11) is 0. The number of ether oxygens (including phenoxy) is 2. The topological polar surface area (TPSA) is 66.0 Å². The first-order valence-electron chi connectivity index (χ1n) is 6.72. The summed E-state index contributed by atoms with van der Waals surface area (Å²) in [6, 6.07) is 5.86. The molecule has 4 nitrogen and oxygen atoms in total. The number of nitrogens with zero attached hydrogens (tertiary/aromatic N) is 2. The van der Waals surface area contributed by atoms with Gasteiger partial charge < -0.3 is 9.47 Å². The second-order valence-electron chi connectivity index (χ2n) is 4.65. The van der Waals surface area contributed by atoms with E-state index >= 15 is 0 Å². The van der Waals surface area contributed by atoms with Gasteiger partial charge >= 0.3 is 0 Å². The van der Waals surface area contributed by atoms with Crippen LogP contribution in [-0.2, 0) is 0 Å². The third kappa shape index (κ3) is 3.63. The van der Waals surface area contributed by atoms with Crippen molar-refractivity contribution in [1.29, 1.82) is 10.5 Å². The summed E-state index contributed by atoms with van der Waals surface area (Å²) in [6.07, 6.45) is 0. The van der Waals surface area contributed by atoms with Crippen molar-refractivity contribution >= 4 is 11.6 Å². The average Bonchev–Trinajstić information content (AvgIpc) is 2.64. The molecule has 26 heavy (non-hydrogen) atoms. The van der Waals surface area contributed by atoms with Crippen molar-refractivity contribution in [3.05, 3.63) is 57.4 Å². The fourth-order valence-corrected chi connectivity index (χ4v) is 2.07. The molecule has 10 heteroatoms. The lowest BCUT2D eigenvalue weighted by atomic mass is 10.1. The normalized spacial score (nSPS) is 10.2. The van der Waals surface area contributed by atoms with Crippen LogP contribution < -0.4 is 9.47 Å². The maximum Gasteiger partial charge on any atom is 0.206 e. The minimum atomic E-state index is -2.29. The third-order valence-corrected chi connectivity index (χ3v) is 3.37. The summed E-state index contributed by atoms with van der Waals surface area (Å²) in [5, 5.41) is 17.7. The Kier molecular flexibility index (Phi) is 5.86. The van der Waals surface area contributed by atoms with Gasteiger partial charge in [-0.3, -0.25) is 0 Å². The Morgan fingerprint density at radius 1 is 0.769 bits per heavy atom. The summed E-state index contributed by atoms with van der Waals surface area (Å²) >= 11 is 5.86. The van der Waals surface area contributed by atoms with Crippen LogP contribution in [0.3, 0.4) is 0 Å². The first kappa shape index (κ1) is 19.3. The van der Waals surface area contributed by atoms with Crippen LogP contribution in [0.25, 0.3) is 0 Å². The van der Waals surface area contributed by atoms with Gasteiger partial charge in [-0.15, -0.1) is 0 Å². The lowest BCUT2D eigenvalue weighted by Crippen LogP contribution is -2.13. The molecule has 0 atom stereocenters. The van der Waals surface area contributed by atoms with Crippen molar-refractivity contribution < 1.29 is 31.4 Å². The molecule has 0 aromatic heterocycles. The van der Waals surface area contributed by atoms with Gasteiger partial charge in [0.15, 0.2) is 5.75 Å². The largest absolute Gasteiger partial charge is 0.488 e. The fourth-order valence-electron chi connectivity index (χ4n) is 1.86. The van der Waals surface area contributed by atoms with Gasteiger partial charge in [0.2, 0.25) is 29.1 Å². The monoisotopic (exact) mass is 388 g/mol. The molecule has 2 aromatic carbocycles. The molecule has 2 aromatic rings. The molecule has 0 radical (unpaired) electrons. The standard InChI is InChI=1S/C16H6ClF5N2O2/c17-9-3-7(5-23)8(6-24)4-10(9)25-1-2-26-16-14(21)12(19)11(18)13(20)15(16)22/h3-4H,1-2H2. The predicted octanol–water partition coefficient (Wildman–Crippen LogP) is 4.24. The molecular formula is C16H6ClF5N2O2. The summed E-state index contributed by atoms with van der Waals surface area (Å²) in [5.41, 5.74) is -0.00455. The molecular weight excluding hydrogens is 383 g/mol. The molecule has 0 bridgehead atoms. The summed E-state index contributed by atoms with van der Waals surface area (Å²) < 4.78 is 75.5. The van der Waals surface area contributed by atoms with Crippen LogP contribution in [0.15, 0.2) is 12.1 Å². The second kappa shape index (κ2) is 7.89. The van der Waals surface area contributed by atoms with Crippen molar-refractivity contribution in [2.45, 2.75) is 0 Å². The van der Waals surface area contributed by atoms with Gasteiger partial charge in [-0.05, 0) is 6.07 Å². The molecule has 2 rings (SSSR count). The van der Waals surface area contributed by atoms with Gasteiger partial charge in [0.1, 0.15) is 31.1 Å². The van der Waals surface area contributed by atoms with Gasteiger partial charge in [-0.2, -0.15) is 19.3 Å². The van der Waals surface area contributed by atoms with Crippen LogP contribution in [0, 0.1) is 51.7 Å². The second-order valence-corrected chi connectivity index (χ2v) is 5.05. The third-order valence-electron chi connectivity index (χ3n) is 3.07. The highest BCUT2D eigenvalue weighted by atomic mass is 35.5. The van der Waals surface area contributed by atoms with E-state index in [9.17, 15) is 22.0 Å². The molecule has 0 heterocycles. The maximum atomic E-state index is 13.4. The van der Waals surface area contributed by atoms with Gasteiger partial charge in [0.05, 0.1) is 16.1 Å². The summed E-state index contributed by atoms with van der Waals surface area (Å²) in [6.45, 7) is -0.980. The minimum Gasteiger partial charge on any atom is -0.488 e. The van der Waals surface area contributed by atoms with E-state index in [1.165, 1.54) is 12.1 Å². The molecule has 0 spiro atoms. The zero-order valence-electron chi connectivity index (χ0n) is 12.5. The Labute approximate surface area is 148 Å². The van der Waals surface area contributed by atoms with E-state index in [1.54, 1.807) is 12.1 Å². The molecule has 0 aliphatic rings. The number of halogens is 6. The molecule has 0 saturated heterocycles. The smallest absolute Gasteiger partial charge is 0.206 e. The van der Waals surface area contributed by atoms with Gasteiger partial charge in [0.25, 0.3) is 0 Å². The number of hydrogen-bond acceptors (Lipinski definition) is 4. The summed E-state index contributed by atoms with van der Waals surface area (Å²) in [4.78, 5) is 0. The van der Waals surface area contributed by atoms with E-state index < -0.39 is 48.0 Å². The van der Waals surface area contributed by atoms with Crippen LogP contribution >= 0.6 is 11.6 Å². The fraction of sp³-hybridized carbons (Fsp3) is 0.125. The molecule has 134 valence electrons. The van der Waals surface area contributed by atoms with Gasteiger partial charge in [-0.25, -0.2) is 13.2 Å². The Bertz CT molecular complexity index is 924. The summed E-state index contributed by atoms with van der Waals surface area (Å²) in [5.74, 6) is -12.2. The molecule has 0 fully saturated rings. The van der Waals surface area contributed by atoms with E-state index in [0.717, 1.165) is 0 Å². The molecule has 0 amide bonds. The van der Waals surface area contributed by atoms with E-state index in [0.29, 0.717) is 0 Å². The SMILES string of the molecule is N#Cc1cc(Cl)c(OCCOc2c(F)c(F)c(F)c(F)c2F)cc1C#N. The lowest BCUT2D eigenvalue weighted by Gasteiger charge is -2.12.